The average molecular weight is 285 g/mol. The zero-order valence-electron chi connectivity index (χ0n) is 12.3. The molecule has 0 N–H and O–H groups in total. The van der Waals surface area contributed by atoms with E-state index in [0.717, 1.165) is 12.1 Å². The zero-order chi connectivity index (χ0) is 15.1. The first-order chi connectivity index (χ1) is 9.99. The van der Waals surface area contributed by atoms with Crippen LogP contribution in [-0.4, -0.2) is 31.4 Å². The summed E-state index contributed by atoms with van der Waals surface area (Å²) in [6, 6.07) is 8.30. The van der Waals surface area contributed by atoms with Crippen molar-refractivity contribution >= 4 is 23.0 Å². The fraction of sp³-hybridized carbons (Fsp3) is 0.471. The van der Waals surface area contributed by atoms with Crippen LogP contribution in [-0.2, 0) is 14.4 Å². The number of fused-ring (bicyclic) bond motifs is 1. The number of carbonyl (C=O) groups is 3. The Balaban J connectivity index is 1.79. The highest BCUT2D eigenvalue weighted by molar-refractivity contribution is 6.68. The summed E-state index contributed by atoms with van der Waals surface area (Å²) < 4.78 is 0. The fourth-order valence-corrected chi connectivity index (χ4v) is 3.58. The van der Waals surface area contributed by atoms with E-state index < -0.39 is 17.3 Å². The van der Waals surface area contributed by atoms with Crippen molar-refractivity contribution in [3.8, 4) is 0 Å². The number of benzene rings is 1. The SMILES string of the molecule is CN(C)c1ccc(C2CCC3C(=O)C(=O)C(=O)C3C2)cc1. The van der Waals surface area contributed by atoms with Crippen LogP contribution in [0.1, 0.15) is 30.7 Å². The van der Waals surface area contributed by atoms with Gasteiger partial charge in [0.25, 0.3) is 5.78 Å². The largest absolute Gasteiger partial charge is 0.378 e. The second-order valence-corrected chi connectivity index (χ2v) is 6.27. The molecule has 2 fully saturated rings. The Morgan fingerprint density at radius 1 is 0.905 bits per heavy atom. The Morgan fingerprint density at radius 3 is 2.14 bits per heavy atom. The number of rotatable bonds is 2. The maximum atomic E-state index is 11.9. The molecule has 3 atom stereocenters. The lowest BCUT2D eigenvalue weighted by molar-refractivity contribution is -0.141. The Morgan fingerprint density at radius 2 is 1.52 bits per heavy atom. The lowest BCUT2D eigenvalue weighted by Crippen LogP contribution is -2.26. The smallest absolute Gasteiger partial charge is 0.264 e. The van der Waals surface area contributed by atoms with E-state index in [0.29, 0.717) is 12.8 Å². The highest BCUT2D eigenvalue weighted by atomic mass is 16.2. The van der Waals surface area contributed by atoms with Gasteiger partial charge in [-0.25, -0.2) is 0 Å². The standard InChI is InChI=1S/C17H19NO3/c1-18(2)12-6-3-10(4-7-12)11-5-8-13-14(9-11)16(20)17(21)15(13)19/h3-4,6-7,11,13-14H,5,8-9H2,1-2H3. The van der Waals surface area contributed by atoms with Gasteiger partial charge in [-0.1, -0.05) is 12.1 Å². The van der Waals surface area contributed by atoms with Gasteiger partial charge in [0.15, 0.2) is 0 Å². The molecule has 0 radical (unpaired) electrons. The van der Waals surface area contributed by atoms with E-state index in [1.165, 1.54) is 5.56 Å². The Hall–Kier alpha value is -1.97. The molecule has 0 aromatic heterocycles. The zero-order valence-corrected chi connectivity index (χ0v) is 12.3. The summed E-state index contributed by atoms with van der Waals surface area (Å²) in [7, 11) is 3.99. The third-order valence-corrected chi connectivity index (χ3v) is 4.85. The summed E-state index contributed by atoms with van der Waals surface area (Å²) >= 11 is 0. The van der Waals surface area contributed by atoms with Crippen molar-refractivity contribution in [1.82, 2.24) is 0 Å². The summed E-state index contributed by atoms with van der Waals surface area (Å²) in [4.78, 5) is 37.2. The van der Waals surface area contributed by atoms with Gasteiger partial charge in [-0.15, -0.1) is 0 Å². The molecule has 110 valence electrons. The van der Waals surface area contributed by atoms with Gasteiger partial charge in [0.05, 0.1) is 0 Å². The molecular formula is C17H19NO3. The molecule has 0 amide bonds. The Labute approximate surface area is 124 Å². The van der Waals surface area contributed by atoms with Gasteiger partial charge in [0, 0.05) is 31.6 Å². The molecule has 0 saturated heterocycles. The molecule has 2 saturated carbocycles. The number of ketones is 3. The fourth-order valence-electron chi connectivity index (χ4n) is 3.58. The molecule has 0 heterocycles. The quantitative estimate of drug-likeness (QED) is 0.780. The summed E-state index contributed by atoms with van der Waals surface area (Å²) in [5, 5.41) is 0. The van der Waals surface area contributed by atoms with Crippen molar-refractivity contribution in [2.75, 3.05) is 19.0 Å². The van der Waals surface area contributed by atoms with Crippen LogP contribution in [0.25, 0.3) is 0 Å². The minimum absolute atomic E-state index is 0.269. The second-order valence-electron chi connectivity index (χ2n) is 6.27. The third kappa shape index (κ3) is 2.28. The van der Waals surface area contributed by atoms with E-state index in [9.17, 15) is 14.4 Å². The van der Waals surface area contributed by atoms with Crippen LogP contribution < -0.4 is 4.90 Å². The summed E-state index contributed by atoms with van der Waals surface area (Å²) in [6.07, 6.45) is 2.15. The van der Waals surface area contributed by atoms with Gasteiger partial charge < -0.3 is 4.90 Å². The lowest BCUT2D eigenvalue weighted by Gasteiger charge is -2.29. The number of Topliss-reactive ketones (excluding diaryl/α,β-unsaturated/α-hetero) is 3. The minimum Gasteiger partial charge on any atom is -0.378 e. The highest BCUT2D eigenvalue weighted by Gasteiger charge is 2.50. The molecule has 21 heavy (non-hydrogen) atoms. The van der Waals surface area contributed by atoms with Crippen molar-refractivity contribution < 1.29 is 14.4 Å². The minimum atomic E-state index is -0.770. The van der Waals surface area contributed by atoms with E-state index in [2.05, 4.69) is 24.3 Å². The van der Waals surface area contributed by atoms with Crippen LogP contribution in [0.2, 0.25) is 0 Å². The van der Waals surface area contributed by atoms with Gasteiger partial charge >= 0.3 is 0 Å². The van der Waals surface area contributed by atoms with E-state index in [4.69, 9.17) is 0 Å². The van der Waals surface area contributed by atoms with Gasteiger partial charge in [0.1, 0.15) is 0 Å². The maximum absolute atomic E-state index is 11.9. The van der Waals surface area contributed by atoms with Crippen LogP contribution in [0.3, 0.4) is 0 Å². The number of anilines is 1. The van der Waals surface area contributed by atoms with Crippen molar-refractivity contribution in [1.29, 1.82) is 0 Å². The molecule has 3 unspecified atom stereocenters. The van der Waals surface area contributed by atoms with Crippen LogP contribution in [0.15, 0.2) is 24.3 Å². The van der Waals surface area contributed by atoms with Crippen molar-refractivity contribution in [2.24, 2.45) is 11.8 Å². The summed E-state index contributed by atoms with van der Waals surface area (Å²) in [6.45, 7) is 0. The molecule has 0 aliphatic heterocycles. The van der Waals surface area contributed by atoms with E-state index >= 15 is 0 Å². The van der Waals surface area contributed by atoms with Gasteiger partial charge in [0.2, 0.25) is 11.6 Å². The second kappa shape index (κ2) is 5.10. The van der Waals surface area contributed by atoms with Crippen molar-refractivity contribution in [3.05, 3.63) is 29.8 Å². The number of nitrogens with zero attached hydrogens (tertiary/aromatic N) is 1. The predicted octanol–water partition coefficient (Wildman–Crippen LogP) is 1.97. The molecule has 2 aliphatic carbocycles. The van der Waals surface area contributed by atoms with Gasteiger partial charge in [-0.05, 0) is 42.9 Å². The van der Waals surface area contributed by atoms with Crippen LogP contribution in [0.4, 0.5) is 5.69 Å². The normalized spacial score (nSPS) is 28.7. The molecule has 0 bridgehead atoms. The van der Waals surface area contributed by atoms with Crippen LogP contribution >= 0.6 is 0 Å². The molecule has 3 rings (SSSR count). The average Bonchev–Trinajstić information content (AvgIpc) is 2.72. The first kappa shape index (κ1) is 14.0. The van der Waals surface area contributed by atoms with Gasteiger partial charge in [-0.3, -0.25) is 14.4 Å². The third-order valence-electron chi connectivity index (χ3n) is 4.85. The van der Waals surface area contributed by atoms with Crippen LogP contribution in [0, 0.1) is 11.8 Å². The van der Waals surface area contributed by atoms with Crippen molar-refractivity contribution in [3.63, 3.8) is 0 Å². The molecule has 4 heteroatoms. The Bertz CT molecular complexity index is 603. The monoisotopic (exact) mass is 285 g/mol. The van der Waals surface area contributed by atoms with E-state index in [-0.39, 0.29) is 17.8 Å². The number of hydrogen-bond donors (Lipinski definition) is 0. The predicted molar refractivity (Wildman–Crippen MR) is 79.4 cm³/mol. The number of hydrogen-bond acceptors (Lipinski definition) is 4. The van der Waals surface area contributed by atoms with E-state index in [1.54, 1.807) is 0 Å². The van der Waals surface area contributed by atoms with E-state index in [1.807, 2.05) is 19.0 Å². The molecular weight excluding hydrogens is 266 g/mol. The van der Waals surface area contributed by atoms with Crippen LogP contribution in [0.5, 0.6) is 0 Å². The van der Waals surface area contributed by atoms with Gasteiger partial charge in [-0.2, -0.15) is 0 Å². The molecule has 4 nitrogen and oxygen atoms in total. The molecule has 1 aromatic rings. The molecule has 2 aliphatic rings. The topological polar surface area (TPSA) is 54.5 Å². The lowest BCUT2D eigenvalue weighted by atomic mass is 9.73. The molecule has 0 spiro atoms. The highest BCUT2D eigenvalue weighted by Crippen LogP contribution is 2.43. The summed E-state index contributed by atoms with van der Waals surface area (Å²) in [5.41, 5.74) is 2.33. The molecule has 1 aromatic carbocycles. The van der Waals surface area contributed by atoms with Crippen molar-refractivity contribution in [2.45, 2.75) is 25.2 Å². The maximum Gasteiger partial charge on any atom is 0.264 e. The number of carbonyl (C=O) groups excluding carboxylic acids is 3. The first-order valence-corrected chi connectivity index (χ1v) is 7.38. The summed E-state index contributed by atoms with van der Waals surface area (Å²) in [5.74, 6) is -2.13. The Kier molecular flexibility index (Phi) is 3.40. The first-order valence-electron chi connectivity index (χ1n) is 7.38.